The van der Waals surface area contributed by atoms with Gasteiger partial charge in [-0.2, -0.15) is 0 Å². The molecule has 1 aliphatic rings. The number of nitrogens with two attached hydrogens (primary N) is 1. The van der Waals surface area contributed by atoms with Gasteiger partial charge in [0.2, 0.25) is 0 Å². The fourth-order valence-corrected chi connectivity index (χ4v) is 2.74. The van der Waals surface area contributed by atoms with Crippen molar-refractivity contribution in [2.75, 3.05) is 0 Å². The Kier molecular flexibility index (Phi) is 2.98. The second-order valence-corrected chi connectivity index (χ2v) is 6.03. The maximum atomic E-state index is 12.5. The van der Waals surface area contributed by atoms with Crippen LogP contribution in [0.3, 0.4) is 0 Å². The number of benzene rings is 1. The van der Waals surface area contributed by atoms with Crippen molar-refractivity contribution in [1.82, 2.24) is 14.5 Å². The van der Waals surface area contributed by atoms with Crippen LogP contribution in [0.25, 0.3) is 16.7 Å². The lowest BCUT2D eigenvalue weighted by Gasteiger charge is -2.31. The maximum absolute atomic E-state index is 12.5. The first-order valence-corrected chi connectivity index (χ1v) is 7.01. The zero-order valence-electron chi connectivity index (χ0n) is 12.8. The van der Waals surface area contributed by atoms with Crippen molar-refractivity contribution < 1.29 is 4.79 Å². The summed E-state index contributed by atoms with van der Waals surface area (Å²) in [5.41, 5.74) is 7.96. The first-order valence-electron chi connectivity index (χ1n) is 7.01. The Hall–Kier alpha value is -2.76. The topological polar surface area (TPSA) is 84.1 Å². The molecular formula is C16H18N4O2. The number of H-pyrrole nitrogens is 1. The van der Waals surface area contributed by atoms with Crippen LogP contribution in [0.1, 0.15) is 19.4 Å². The summed E-state index contributed by atoms with van der Waals surface area (Å²) in [6.45, 7) is 5.92. The summed E-state index contributed by atoms with van der Waals surface area (Å²) in [6.07, 6.45) is 5.10. The maximum Gasteiger partial charge on any atom is 0.330 e. The summed E-state index contributed by atoms with van der Waals surface area (Å²) >= 11 is 0. The Morgan fingerprint density at radius 2 is 2.05 bits per heavy atom. The zero-order valence-corrected chi connectivity index (χ0v) is 12.8. The van der Waals surface area contributed by atoms with Crippen LogP contribution in [-0.4, -0.2) is 20.5 Å². The normalized spacial score (nSPS) is 16.9. The van der Waals surface area contributed by atoms with Crippen molar-refractivity contribution in [3.05, 3.63) is 52.7 Å². The molecule has 0 radical (unpaired) electrons. The Balaban J connectivity index is 2.32. The molecular weight excluding hydrogens is 280 g/mol. The predicted molar refractivity (Wildman–Crippen MR) is 85.9 cm³/mol. The second-order valence-electron chi connectivity index (χ2n) is 6.03. The quantitative estimate of drug-likeness (QED) is 0.847. The molecule has 0 unspecified atom stereocenters. The van der Waals surface area contributed by atoms with Gasteiger partial charge in [-0.1, -0.05) is 32.1 Å². The first-order chi connectivity index (χ1) is 10.3. The number of hydrogen-bond donors (Lipinski definition) is 2. The second kappa shape index (κ2) is 4.62. The number of nitrogens with zero attached hydrogens (tertiary/aromatic N) is 2. The number of imidazole rings is 1. The van der Waals surface area contributed by atoms with Crippen molar-refractivity contribution in [2.45, 2.75) is 20.8 Å². The van der Waals surface area contributed by atoms with Gasteiger partial charge in [-0.25, -0.2) is 9.59 Å². The summed E-state index contributed by atoms with van der Waals surface area (Å²) in [5, 5.41) is 0. The molecule has 0 spiro atoms. The molecule has 0 saturated heterocycles. The number of carbonyl (C=O) groups is 1. The van der Waals surface area contributed by atoms with Crippen LogP contribution >= 0.6 is 0 Å². The lowest BCUT2D eigenvalue weighted by molar-refractivity contribution is 0.234. The number of aromatic amines is 1. The number of carbonyl (C=O) groups excluding carboxylic acids is 1. The minimum Gasteiger partial charge on any atom is -0.351 e. The Morgan fingerprint density at radius 1 is 1.32 bits per heavy atom. The Bertz CT molecular complexity index is 883. The van der Waals surface area contributed by atoms with Crippen LogP contribution in [0.15, 0.2) is 41.5 Å². The molecule has 3 rings (SSSR count). The third-order valence-corrected chi connectivity index (χ3v) is 3.97. The summed E-state index contributed by atoms with van der Waals surface area (Å²) in [6, 6.07) is 5.12. The average Bonchev–Trinajstić information content (AvgIpc) is 2.75. The lowest BCUT2D eigenvalue weighted by Crippen LogP contribution is -2.34. The molecule has 3 N–H and O–H groups in total. The number of primary amides is 1. The molecule has 2 amide bonds. The predicted octanol–water partition coefficient (Wildman–Crippen LogP) is 2.37. The molecule has 1 aliphatic heterocycles. The highest BCUT2D eigenvalue weighted by Crippen LogP contribution is 2.36. The van der Waals surface area contributed by atoms with Gasteiger partial charge >= 0.3 is 11.7 Å². The van der Waals surface area contributed by atoms with E-state index in [0.29, 0.717) is 5.70 Å². The largest absolute Gasteiger partial charge is 0.351 e. The smallest absolute Gasteiger partial charge is 0.330 e. The summed E-state index contributed by atoms with van der Waals surface area (Å²) in [4.78, 5) is 28.1. The van der Waals surface area contributed by atoms with Gasteiger partial charge < -0.3 is 10.7 Å². The Labute approximate surface area is 127 Å². The average molecular weight is 298 g/mol. The molecule has 114 valence electrons. The van der Waals surface area contributed by atoms with Gasteiger partial charge in [-0.3, -0.25) is 9.47 Å². The van der Waals surface area contributed by atoms with Gasteiger partial charge in [-0.05, 0) is 18.6 Å². The van der Waals surface area contributed by atoms with Crippen LogP contribution in [0.2, 0.25) is 0 Å². The number of urea groups is 1. The number of rotatable bonds is 1. The third-order valence-electron chi connectivity index (χ3n) is 3.97. The van der Waals surface area contributed by atoms with E-state index in [2.05, 4.69) is 4.98 Å². The summed E-state index contributed by atoms with van der Waals surface area (Å²) < 4.78 is 1.62. The van der Waals surface area contributed by atoms with Gasteiger partial charge in [0, 0.05) is 17.8 Å². The Morgan fingerprint density at radius 3 is 2.73 bits per heavy atom. The van der Waals surface area contributed by atoms with Crippen LogP contribution < -0.4 is 11.4 Å². The molecule has 0 atom stereocenters. The highest BCUT2D eigenvalue weighted by Gasteiger charge is 2.29. The van der Waals surface area contributed by atoms with Crippen molar-refractivity contribution in [3.63, 3.8) is 0 Å². The molecule has 1 aromatic heterocycles. The number of amides is 2. The van der Waals surface area contributed by atoms with Crippen molar-refractivity contribution >= 4 is 22.8 Å². The molecule has 6 nitrogen and oxygen atoms in total. The van der Waals surface area contributed by atoms with Gasteiger partial charge in [-0.15, -0.1) is 0 Å². The van der Waals surface area contributed by atoms with Crippen LogP contribution in [-0.2, 0) is 0 Å². The number of para-hydroxylation sites is 1. The number of aryl methyl sites for hydroxylation is 1. The van der Waals surface area contributed by atoms with E-state index < -0.39 is 11.4 Å². The monoisotopic (exact) mass is 298 g/mol. The van der Waals surface area contributed by atoms with E-state index in [1.165, 1.54) is 4.90 Å². The van der Waals surface area contributed by atoms with Crippen LogP contribution in [0.4, 0.5) is 4.79 Å². The highest BCUT2D eigenvalue weighted by atomic mass is 16.2. The molecule has 0 aliphatic carbocycles. The van der Waals surface area contributed by atoms with E-state index in [9.17, 15) is 9.59 Å². The molecule has 6 heteroatoms. The molecule has 2 heterocycles. The molecule has 1 aromatic carbocycles. The fraction of sp³-hybridized carbons (Fsp3) is 0.250. The van der Waals surface area contributed by atoms with Crippen molar-refractivity contribution in [3.8, 4) is 0 Å². The molecule has 0 fully saturated rings. The number of nitrogens with one attached hydrogen (secondary N) is 1. The lowest BCUT2D eigenvalue weighted by atomic mass is 9.87. The first kappa shape index (κ1) is 14.2. The van der Waals surface area contributed by atoms with Gasteiger partial charge in [0.1, 0.15) is 0 Å². The SMILES string of the molecule is Cc1cccc2[nH]c(=O)n(C3=CN(C(N)=O)C=CC3(C)C)c12. The summed E-state index contributed by atoms with van der Waals surface area (Å²) in [7, 11) is 0. The van der Waals surface area contributed by atoms with E-state index in [-0.39, 0.29) is 5.69 Å². The van der Waals surface area contributed by atoms with Gasteiger partial charge in [0.15, 0.2) is 0 Å². The van der Waals surface area contributed by atoms with Crippen LogP contribution in [0.5, 0.6) is 0 Å². The number of allylic oxidation sites excluding steroid dienone is 2. The van der Waals surface area contributed by atoms with Crippen molar-refractivity contribution in [2.24, 2.45) is 11.1 Å². The number of aromatic nitrogens is 2. The minimum absolute atomic E-state index is 0.233. The van der Waals surface area contributed by atoms with E-state index in [4.69, 9.17) is 5.73 Å². The minimum atomic E-state index is -0.589. The summed E-state index contributed by atoms with van der Waals surface area (Å²) in [5.74, 6) is 0. The molecule has 0 saturated carbocycles. The van der Waals surface area contributed by atoms with Crippen LogP contribution in [0, 0.1) is 12.3 Å². The van der Waals surface area contributed by atoms with Gasteiger partial charge in [0.05, 0.1) is 16.7 Å². The number of hydrogen-bond acceptors (Lipinski definition) is 2. The van der Waals surface area contributed by atoms with E-state index in [0.717, 1.165) is 16.6 Å². The number of fused-ring (bicyclic) bond motifs is 1. The fourth-order valence-electron chi connectivity index (χ4n) is 2.74. The molecule has 0 bridgehead atoms. The van der Waals surface area contributed by atoms with E-state index in [1.807, 2.05) is 45.0 Å². The molecule has 2 aromatic rings. The van der Waals surface area contributed by atoms with Crippen molar-refractivity contribution in [1.29, 1.82) is 0 Å². The zero-order chi connectivity index (χ0) is 16.1. The standard InChI is InChI=1S/C16H18N4O2/c1-10-5-4-6-11-13(10)20(15(22)18-11)12-9-19(14(17)21)8-7-16(12,2)3/h4-9H,1-3H3,(H2,17,21)(H,18,22). The highest BCUT2D eigenvalue weighted by molar-refractivity contribution is 5.84. The van der Waals surface area contributed by atoms with Gasteiger partial charge in [0.25, 0.3) is 0 Å². The van der Waals surface area contributed by atoms with E-state index >= 15 is 0 Å². The molecule has 22 heavy (non-hydrogen) atoms. The van der Waals surface area contributed by atoms with E-state index in [1.54, 1.807) is 17.0 Å². The third kappa shape index (κ3) is 2.04.